The van der Waals surface area contributed by atoms with E-state index in [1.165, 1.54) is 19.3 Å². The molecule has 1 N–H and O–H groups in total. The van der Waals surface area contributed by atoms with Gasteiger partial charge in [-0.2, -0.15) is 5.10 Å². The molecule has 1 aromatic heterocycles. The average molecular weight is 311 g/mol. The summed E-state index contributed by atoms with van der Waals surface area (Å²) in [5, 5.41) is 9.04. The van der Waals surface area contributed by atoms with Crippen molar-refractivity contribution < 1.29 is 0 Å². The maximum Gasteiger partial charge on any atom is 0.0860 e. The lowest BCUT2D eigenvalue weighted by molar-refractivity contribution is 0.0252. The van der Waals surface area contributed by atoms with Gasteiger partial charge in [0.1, 0.15) is 0 Å². The Morgan fingerprint density at radius 1 is 1.43 bits per heavy atom. The van der Waals surface area contributed by atoms with E-state index in [1.54, 1.807) is 0 Å². The van der Waals surface area contributed by atoms with Gasteiger partial charge < -0.3 is 5.32 Å². The van der Waals surface area contributed by atoms with Crippen molar-refractivity contribution in [2.45, 2.75) is 58.2 Å². The van der Waals surface area contributed by atoms with Crippen molar-refractivity contribution in [1.82, 2.24) is 20.0 Å². The molecule has 1 aliphatic carbocycles. The first kappa shape index (κ1) is 15.3. The van der Waals surface area contributed by atoms with Crippen molar-refractivity contribution in [3.63, 3.8) is 0 Å². The fourth-order valence-electron chi connectivity index (χ4n) is 3.66. The third-order valence-electron chi connectivity index (χ3n) is 5.46. The molecule has 2 aliphatic rings. The molecule has 0 amide bonds. The maximum absolute atomic E-state index is 6.47. The Balaban J connectivity index is 1.85. The van der Waals surface area contributed by atoms with E-state index in [-0.39, 0.29) is 5.54 Å². The summed E-state index contributed by atoms with van der Waals surface area (Å²) < 4.78 is 1.95. The molecule has 118 valence electrons. The molecule has 1 saturated carbocycles. The summed E-state index contributed by atoms with van der Waals surface area (Å²) in [4.78, 5) is 2.65. The van der Waals surface area contributed by atoms with E-state index in [2.05, 4.69) is 29.2 Å². The zero-order valence-electron chi connectivity index (χ0n) is 13.6. The van der Waals surface area contributed by atoms with E-state index in [9.17, 15) is 0 Å². The highest BCUT2D eigenvalue weighted by molar-refractivity contribution is 6.31. The van der Waals surface area contributed by atoms with Gasteiger partial charge in [-0.05, 0) is 39.0 Å². The summed E-state index contributed by atoms with van der Waals surface area (Å²) in [6.07, 6.45) is 3.91. The number of halogens is 1. The quantitative estimate of drug-likeness (QED) is 0.928. The predicted octanol–water partition coefficient (Wildman–Crippen LogP) is 2.73. The second kappa shape index (κ2) is 5.56. The summed E-state index contributed by atoms with van der Waals surface area (Å²) in [7, 11) is 2.00. The molecule has 2 fully saturated rings. The molecular weight excluding hydrogens is 284 g/mol. The predicted molar refractivity (Wildman–Crippen MR) is 86.6 cm³/mol. The topological polar surface area (TPSA) is 33.1 Å². The van der Waals surface area contributed by atoms with Crippen LogP contribution in [0.1, 0.15) is 44.5 Å². The first-order chi connectivity index (χ1) is 9.95. The Labute approximate surface area is 132 Å². The van der Waals surface area contributed by atoms with Crippen molar-refractivity contribution in [3.05, 3.63) is 16.4 Å². The van der Waals surface area contributed by atoms with E-state index in [4.69, 9.17) is 11.6 Å². The third kappa shape index (κ3) is 2.73. The van der Waals surface area contributed by atoms with E-state index < -0.39 is 0 Å². The van der Waals surface area contributed by atoms with Crippen molar-refractivity contribution in [2.24, 2.45) is 13.0 Å². The molecule has 4 nitrogen and oxygen atoms in total. The highest BCUT2D eigenvalue weighted by Gasteiger charge is 2.48. The summed E-state index contributed by atoms with van der Waals surface area (Å²) >= 11 is 6.47. The molecular formula is C16H27ClN4. The standard InChI is InChI=1S/C16H27ClN4/c1-5-13-8-21(16(3,10-18-13)12-6-7-12)9-14-15(17)11(2)19-20(14)4/h12-13,18H,5-10H2,1-4H3. The molecule has 0 spiro atoms. The normalized spacial score (nSPS) is 30.8. The zero-order valence-corrected chi connectivity index (χ0v) is 14.4. The van der Waals surface area contributed by atoms with Crippen LogP contribution in [0.4, 0.5) is 0 Å². The minimum Gasteiger partial charge on any atom is -0.311 e. The minimum atomic E-state index is 0.257. The fraction of sp³-hybridized carbons (Fsp3) is 0.812. The first-order valence-corrected chi connectivity index (χ1v) is 8.50. The molecule has 0 aromatic carbocycles. The summed E-state index contributed by atoms with van der Waals surface area (Å²) in [6, 6.07) is 0.588. The van der Waals surface area contributed by atoms with Crippen molar-refractivity contribution >= 4 is 11.6 Å². The van der Waals surface area contributed by atoms with E-state index in [1.807, 2.05) is 18.7 Å². The number of hydrogen-bond acceptors (Lipinski definition) is 3. The average Bonchev–Trinajstić information content (AvgIpc) is 3.27. The summed E-state index contributed by atoms with van der Waals surface area (Å²) in [6.45, 7) is 9.76. The van der Waals surface area contributed by atoms with Gasteiger partial charge in [-0.15, -0.1) is 0 Å². The molecule has 0 bridgehead atoms. The van der Waals surface area contributed by atoms with Crippen LogP contribution in [0.2, 0.25) is 5.02 Å². The van der Waals surface area contributed by atoms with E-state index in [0.717, 1.165) is 42.0 Å². The number of nitrogens with one attached hydrogen (secondary N) is 1. The SMILES string of the molecule is CCC1CN(Cc2c(Cl)c(C)nn2C)C(C)(C2CC2)CN1. The molecule has 5 heteroatoms. The van der Waals surface area contributed by atoms with Crippen LogP contribution in [0.3, 0.4) is 0 Å². The number of rotatable bonds is 4. The lowest BCUT2D eigenvalue weighted by Gasteiger charge is -2.48. The van der Waals surface area contributed by atoms with E-state index in [0.29, 0.717) is 6.04 Å². The lowest BCUT2D eigenvalue weighted by atomic mass is 9.89. The number of hydrogen-bond donors (Lipinski definition) is 1. The molecule has 1 aliphatic heterocycles. The Morgan fingerprint density at radius 2 is 2.14 bits per heavy atom. The van der Waals surface area contributed by atoms with Crippen molar-refractivity contribution in [1.29, 1.82) is 0 Å². The summed E-state index contributed by atoms with van der Waals surface area (Å²) in [5.74, 6) is 0.830. The zero-order chi connectivity index (χ0) is 15.2. The van der Waals surface area contributed by atoms with Gasteiger partial charge >= 0.3 is 0 Å². The Hall–Kier alpha value is -0.580. The van der Waals surface area contributed by atoms with Crippen LogP contribution in [0.15, 0.2) is 0 Å². The van der Waals surface area contributed by atoms with Crippen LogP contribution < -0.4 is 5.32 Å². The smallest absolute Gasteiger partial charge is 0.0860 e. The highest BCUT2D eigenvalue weighted by atomic mass is 35.5. The van der Waals surface area contributed by atoms with Gasteiger partial charge in [0.05, 0.1) is 16.4 Å². The van der Waals surface area contributed by atoms with Crippen molar-refractivity contribution in [2.75, 3.05) is 13.1 Å². The van der Waals surface area contributed by atoms with Crippen LogP contribution >= 0.6 is 11.6 Å². The van der Waals surface area contributed by atoms with Crippen LogP contribution in [0.25, 0.3) is 0 Å². The van der Waals surface area contributed by atoms with Gasteiger partial charge in [-0.1, -0.05) is 18.5 Å². The molecule has 2 atom stereocenters. The molecule has 21 heavy (non-hydrogen) atoms. The highest BCUT2D eigenvalue weighted by Crippen LogP contribution is 2.44. The number of aryl methyl sites for hydroxylation is 2. The van der Waals surface area contributed by atoms with Gasteiger partial charge in [0.15, 0.2) is 0 Å². The molecule has 0 radical (unpaired) electrons. The van der Waals surface area contributed by atoms with Gasteiger partial charge in [0.25, 0.3) is 0 Å². The molecule has 2 heterocycles. The lowest BCUT2D eigenvalue weighted by Crippen LogP contribution is -2.63. The third-order valence-corrected chi connectivity index (χ3v) is 5.96. The summed E-state index contributed by atoms with van der Waals surface area (Å²) in [5.41, 5.74) is 2.34. The van der Waals surface area contributed by atoms with E-state index >= 15 is 0 Å². The Bertz CT molecular complexity index is 523. The minimum absolute atomic E-state index is 0.257. The Morgan fingerprint density at radius 3 is 2.67 bits per heavy atom. The fourth-order valence-corrected chi connectivity index (χ4v) is 3.88. The molecule has 1 aromatic rings. The number of nitrogens with zero attached hydrogens (tertiary/aromatic N) is 3. The Kier molecular flexibility index (Phi) is 4.06. The van der Waals surface area contributed by atoms with Crippen LogP contribution in [-0.4, -0.2) is 39.4 Å². The molecule has 1 saturated heterocycles. The number of piperazine rings is 1. The van der Waals surface area contributed by atoms with Gasteiger partial charge in [0, 0.05) is 38.3 Å². The van der Waals surface area contributed by atoms with Gasteiger partial charge in [-0.25, -0.2) is 0 Å². The maximum atomic E-state index is 6.47. The second-order valence-electron chi connectivity index (χ2n) is 6.97. The van der Waals surface area contributed by atoms with Gasteiger partial charge in [0.2, 0.25) is 0 Å². The molecule has 2 unspecified atom stereocenters. The monoisotopic (exact) mass is 310 g/mol. The second-order valence-corrected chi connectivity index (χ2v) is 7.35. The van der Waals surface area contributed by atoms with Crippen LogP contribution in [0, 0.1) is 12.8 Å². The van der Waals surface area contributed by atoms with Crippen LogP contribution in [0.5, 0.6) is 0 Å². The molecule has 3 rings (SSSR count). The first-order valence-electron chi connectivity index (χ1n) is 8.12. The van der Waals surface area contributed by atoms with Crippen LogP contribution in [-0.2, 0) is 13.6 Å². The largest absolute Gasteiger partial charge is 0.311 e. The van der Waals surface area contributed by atoms with Crippen molar-refractivity contribution in [3.8, 4) is 0 Å². The van der Waals surface area contributed by atoms with Gasteiger partial charge in [-0.3, -0.25) is 9.58 Å². The number of aromatic nitrogens is 2.